The average molecular weight is 238 g/mol. The van der Waals surface area contributed by atoms with Gasteiger partial charge in [-0.25, -0.2) is 0 Å². The minimum atomic E-state index is -0.0113. The Labute approximate surface area is 101 Å². The summed E-state index contributed by atoms with van der Waals surface area (Å²) in [6, 6.07) is 5.07. The van der Waals surface area contributed by atoms with Gasteiger partial charge in [-0.05, 0) is 17.7 Å². The zero-order chi connectivity index (χ0) is 12.8. The Bertz CT molecular complexity index is 393. The van der Waals surface area contributed by atoms with E-state index in [9.17, 15) is 9.90 Å². The molecular weight excluding hydrogens is 220 g/mol. The van der Waals surface area contributed by atoms with Gasteiger partial charge in [0.05, 0.1) is 7.11 Å². The predicted molar refractivity (Wildman–Crippen MR) is 64.8 cm³/mol. The Morgan fingerprint density at radius 1 is 1.53 bits per heavy atom. The van der Waals surface area contributed by atoms with E-state index < -0.39 is 0 Å². The Balaban J connectivity index is 2.68. The van der Waals surface area contributed by atoms with Crippen LogP contribution in [0.3, 0.4) is 0 Å². The van der Waals surface area contributed by atoms with Crippen molar-refractivity contribution < 1.29 is 14.6 Å². The van der Waals surface area contributed by atoms with Crippen LogP contribution < -0.4 is 10.5 Å². The van der Waals surface area contributed by atoms with Crippen molar-refractivity contribution >= 4 is 5.91 Å². The summed E-state index contributed by atoms with van der Waals surface area (Å²) in [6.45, 7) is 0.785. The van der Waals surface area contributed by atoms with Crippen LogP contribution in [-0.4, -0.2) is 36.6 Å². The third-order valence-electron chi connectivity index (χ3n) is 2.45. The van der Waals surface area contributed by atoms with Gasteiger partial charge in [0.1, 0.15) is 0 Å². The third kappa shape index (κ3) is 3.64. The van der Waals surface area contributed by atoms with Gasteiger partial charge < -0.3 is 20.5 Å². The maximum absolute atomic E-state index is 11.5. The summed E-state index contributed by atoms with van der Waals surface area (Å²) < 4.78 is 4.94. The number of ether oxygens (including phenoxy) is 1. The fourth-order valence-corrected chi connectivity index (χ4v) is 1.51. The van der Waals surface area contributed by atoms with Crippen LogP contribution in [0.15, 0.2) is 18.2 Å². The van der Waals surface area contributed by atoms with Crippen LogP contribution in [0.1, 0.15) is 12.0 Å². The summed E-state index contributed by atoms with van der Waals surface area (Å²) in [4.78, 5) is 13.1. The molecule has 0 spiro atoms. The van der Waals surface area contributed by atoms with E-state index in [2.05, 4.69) is 0 Å². The van der Waals surface area contributed by atoms with Gasteiger partial charge in [-0.1, -0.05) is 6.07 Å². The second-order valence-electron chi connectivity index (χ2n) is 3.79. The molecule has 17 heavy (non-hydrogen) atoms. The molecule has 0 saturated heterocycles. The van der Waals surface area contributed by atoms with Gasteiger partial charge in [0.2, 0.25) is 5.91 Å². The number of carbonyl (C=O) groups is 1. The standard InChI is InChI=1S/C12H18N2O3/c1-14(12(16)5-6-13)8-9-3-4-11(17-2)10(15)7-9/h3-4,7,15H,5-6,8,13H2,1-2H3. The highest BCUT2D eigenvalue weighted by Gasteiger charge is 2.09. The smallest absolute Gasteiger partial charge is 0.223 e. The Morgan fingerprint density at radius 2 is 2.24 bits per heavy atom. The number of benzene rings is 1. The number of amides is 1. The number of carbonyl (C=O) groups excluding carboxylic acids is 1. The fraction of sp³-hybridized carbons (Fsp3) is 0.417. The van der Waals surface area contributed by atoms with Crippen molar-refractivity contribution in [3.63, 3.8) is 0 Å². The van der Waals surface area contributed by atoms with Crippen LogP contribution in [0, 0.1) is 0 Å². The minimum Gasteiger partial charge on any atom is -0.504 e. The number of phenolic OH excluding ortho intramolecular Hbond substituents is 1. The van der Waals surface area contributed by atoms with Crippen molar-refractivity contribution in [2.75, 3.05) is 20.7 Å². The molecule has 0 radical (unpaired) electrons. The van der Waals surface area contributed by atoms with Gasteiger partial charge in [0.15, 0.2) is 11.5 Å². The lowest BCUT2D eigenvalue weighted by atomic mass is 10.2. The quantitative estimate of drug-likeness (QED) is 0.792. The molecule has 0 heterocycles. The van der Waals surface area contributed by atoms with Crippen LogP contribution in [0.2, 0.25) is 0 Å². The molecule has 1 amide bonds. The van der Waals surface area contributed by atoms with Crippen LogP contribution in [0.4, 0.5) is 0 Å². The lowest BCUT2D eigenvalue weighted by Crippen LogP contribution is -2.27. The summed E-state index contributed by atoms with van der Waals surface area (Å²) in [7, 11) is 3.20. The van der Waals surface area contributed by atoms with Gasteiger partial charge in [-0.3, -0.25) is 4.79 Å². The fourth-order valence-electron chi connectivity index (χ4n) is 1.51. The van der Waals surface area contributed by atoms with Crippen molar-refractivity contribution in [1.29, 1.82) is 0 Å². The molecule has 1 aromatic rings. The molecule has 94 valence electrons. The first-order chi connectivity index (χ1) is 8.08. The number of rotatable bonds is 5. The lowest BCUT2D eigenvalue weighted by molar-refractivity contribution is -0.130. The number of nitrogens with zero attached hydrogens (tertiary/aromatic N) is 1. The maximum atomic E-state index is 11.5. The summed E-state index contributed by atoms with van der Waals surface area (Å²) in [5.41, 5.74) is 6.16. The van der Waals surface area contributed by atoms with E-state index >= 15 is 0 Å². The molecule has 0 atom stereocenters. The number of hydrogen-bond donors (Lipinski definition) is 2. The number of phenols is 1. The second-order valence-corrected chi connectivity index (χ2v) is 3.79. The van der Waals surface area contributed by atoms with E-state index in [0.717, 1.165) is 5.56 Å². The molecule has 0 aliphatic heterocycles. The zero-order valence-electron chi connectivity index (χ0n) is 10.1. The van der Waals surface area contributed by atoms with Crippen LogP contribution in [0.5, 0.6) is 11.5 Å². The van der Waals surface area contributed by atoms with E-state index in [0.29, 0.717) is 25.3 Å². The molecule has 0 fully saturated rings. The van der Waals surface area contributed by atoms with Gasteiger partial charge in [-0.2, -0.15) is 0 Å². The predicted octanol–water partition coefficient (Wildman–Crippen LogP) is 0.708. The summed E-state index contributed by atoms with van der Waals surface area (Å²) in [5, 5.41) is 9.60. The molecule has 0 unspecified atom stereocenters. The van der Waals surface area contributed by atoms with E-state index in [-0.39, 0.29) is 11.7 Å². The van der Waals surface area contributed by atoms with Crippen molar-refractivity contribution in [2.45, 2.75) is 13.0 Å². The molecule has 3 N–H and O–H groups in total. The number of hydrogen-bond acceptors (Lipinski definition) is 4. The molecule has 1 aromatic carbocycles. The second kappa shape index (κ2) is 6.10. The van der Waals surface area contributed by atoms with Crippen LogP contribution >= 0.6 is 0 Å². The van der Waals surface area contributed by atoms with Gasteiger partial charge in [-0.15, -0.1) is 0 Å². The summed E-state index contributed by atoms with van der Waals surface area (Å²) in [6.07, 6.45) is 0.332. The van der Waals surface area contributed by atoms with E-state index in [1.807, 2.05) is 6.07 Å². The molecule has 1 rings (SSSR count). The lowest BCUT2D eigenvalue weighted by Gasteiger charge is -2.17. The molecular formula is C12H18N2O3. The van der Waals surface area contributed by atoms with Gasteiger partial charge in [0.25, 0.3) is 0 Å². The topological polar surface area (TPSA) is 75.8 Å². The zero-order valence-corrected chi connectivity index (χ0v) is 10.1. The first-order valence-electron chi connectivity index (χ1n) is 5.38. The van der Waals surface area contributed by atoms with E-state index in [4.69, 9.17) is 10.5 Å². The van der Waals surface area contributed by atoms with Gasteiger partial charge in [0, 0.05) is 26.6 Å². The third-order valence-corrected chi connectivity index (χ3v) is 2.45. The van der Waals surface area contributed by atoms with E-state index in [1.165, 1.54) is 7.11 Å². The SMILES string of the molecule is COc1ccc(CN(C)C(=O)CCN)cc1O. The summed E-state index contributed by atoms with van der Waals surface area (Å²) in [5.74, 6) is 0.483. The van der Waals surface area contributed by atoms with Crippen LogP contribution in [0.25, 0.3) is 0 Å². The number of aromatic hydroxyl groups is 1. The highest BCUT2D eigenvalue weighted by Crippen LogP contribution is 2.26. The Morgan fingerprint density at radius 3 is 2.76 bits per heavy atom. The highest BCUT2D eigenvalue weighted by molar-refractivity contribution is 5.76. The minimum absolute atomic E-state index is 0.0113. The van der Waals surface area contributed by atoms with Crippen molar-refractivity contribution in [1.82, 2.24) is 4.90 Å². The average Bonchev–Trinajstić information content (AvgIpc) is 2.29. The largest absolute Gasteiger partial charge is 0.504 e. The number of methoxy groups -OCH3 is 1. The molecule has 0 saturated carbocycles. The van der Waals surface area contributed by atoms with Crippen molar-refractivity contribution in [3.05, 3.63) is 23.8 Å². The summed E-state index contributed by atoms with van der Waals surface area (Å²) >= 11 is 0. The molecule has 5 heteroatoms. The monoisotopic (exact) mass is 238 g/mol. The van der Waals surface area contributed by atoms with Crippen molar-refractivity contribution in [3.8, 4) is 11.5 Å². The van der Waals surface area contributed by atoms with Gasteiger partial charge >= 0.3 is 0 Å². The molecule has 0 aliphatic rings. The van der Waals surface area contributed by atoms with Crippen LogP contribution in [-0.2, 0) is 11.3 Å². The van der Waals surface area contributed by atoms with Crippen molar-refractivity contribution in [2.24, 2.45) is 5.73 Å². The molecule has 0 aromatic heterocycles. The Hall–Kier alpha value is -1.75. The molecule has 0 aliphatic carbocycles. The highest BCUT2D eigenvalue weighted by atomic mass is 16.5. The maximum Gasteiger partial charge on any atom is 0.223 e. The first-order valence-corrected chi connectivity index (χ1v) is 5.38. The Kier molecular flexibility index (Phi) is 4.78. The first kappa shape index (κ1) is 13.3. The van der Waals surface area contributed by atoms with E-state index in [1.54, 1.807) is 24.1 Å². The molecule has 0 bridgehead atoms. The normalized spacial score (nSPS) is 10.1. The number of nitrogens with two attached hydrogens (primary N) is 1. The molecule has 5 nitrogen and oxygen atoms in total.